The van der Waals surface area contributed by atoms with Gasteiger partial charge in [-0.2, -0.15) is 5.26 Å². The van der Waals surface area contributed by atoms with Gasteiger partial charge in [0.15, 0.2) is 0 Å². The number of halogens is 3. The smallest absolute Gasteiger partial charge is 0.131 e. The first-order valence-corrected chi connectivity index (χ1v) is 7.17. The van der Waals surface area contributed by atoms with Gasteiger partial charge < -0.3 is 5.32 Å². The van der Waals surface area contributed by atoms with E-state index >= 15 is 0 Å². The normalized spacial score (nSPS) is 12.0. The Hall–Kier alpha value is -1.77. The van der Waals surface area contributed by atoms with Crippen molar-refractivity contribution < 1.29 is 8.78 Å². The molecule has 0 radical (unpaired) electrons. The number of nitrogens with zero attached hydrogens (tertiary/aromatic N) is 1. The second-order valence-electron chi connectivity index (χ2n) is 4.69. The van der Waals surface area contributed by atoms with Crippen molar-refractivity contribution in [3.05, 3.63) is 69.2 Å². The average molecular weight is 351 g/mol. The fourth-order valence-electron chi connectivity index (χ4n) is 1.99. The van der Waals surface area contributed by atoms with E-state index in [1.807, 2.05) is 31.2 Å². The standard InChI is InChI=1S/C16H13BrF2N2/c1-10(12-3-2-4-13(17)7-12)21-9-14-15(18)5-11(8-20)6-16(14)19/h2-7,10,21H,9H2,1H3. The van der Waals surface area contributed by atoms with Crippen LogP contribution in [0.3, 0.4) is 0 Å². The third-order valence-corrected chi connectivity index (χ3v) is 3.70. The summed E-state index contributed by atoms with van der Waals surface area (Å²) in [5, 5.41) is 11.7. The van der Waals surface area contributed by atoms with Crippen LogP contribution < -0.4 is 5.32 Å². The highest BCUT2D eigenvalue weighted by atomic mass is 79.9. The van der Waals surface area contributed by atoms with E-state index in [0.29, 0.717) is 0 Å². The summed E-state index contributed by atoms with van der Waals surface area (Å²) in [4.78, 5) is 0. The minimum Gasteiger partial charge on any atom is -0.306 e. The second kappa shape index (κ2) is 6.79. The van der Waals surface area contributed by atoms with Crippen molar-refractivity contribution in [2.24, 2.45) is 0 Å². The molecule has 2 nitrogen and oxygen atoms in total. The molecular formula is C16H13BrF2N2. The number of rotatable bonds is 4. The van der Waals surface area contributed by atoms with Crippen LogP contribution in [0.1, 0.15) is 29.7 Å². The minimum atomic E-state index is -0.708. The van der Waals surface area contributed by atoms with Crippen LogP contribution in [0, 0.1) is 23.0 Å². The molecular weight excluding hydrogens is 338 g/mol. The first-order chi connectivity index (χ1) is 10.0. The molecule has 2 aromatic rings. The zero-order valence-corrected chi connectivity index (χ0v) is 12.9. The molecule has 1 N–H and O–H groups in total. The SMILES string of the molecule is CC(NCc1c(F)cc(C#N)cc1F)c1cccc(Br)c1. The van der Waals surface area contributed by atoms with Gasteiger partial charge in [-0.3, -0.25) is 0 Å². The van der Waals surface area contributed by atoms with Crippen LogP contribution >= 0.6 is 15.9 Å². The van der Waals surface area contributed by atoms with Gasteiger partial charge in [0.2, 0.25) is 0 Å². The lowest BCUT2D eigenvalue weighted by Gasteiger charge is -2.15. The monoisotopic (exact) mass is 350 g/mol. The van der Waals surface area contributed by atoms with Gasteiger partial charge in [-0.1, -0.05) is 28.1 Å². The first-order valence-electron chi connectivity index (χ1n) is 6.38. The molecule has 108 valence electrons. The fourth-order valence-corrected chi connectivity index (χ4v) is 2.40. The maximum atomic E-state index is 13.8. The Morgan fingerprint density at radius 2 is 1.90 bits per heavy atom. The van der Waals surface area contributed by atoms with Gasteiger partial charge in [-0.05, 0) is 36.8 Å². The maximum Gasteiger partial charge on any atom is 0.131 e. The Morgan fingerprint density at radius 3 is 2.48 bits per heavy atom. The van der Waals surface area contributed by atoms with E-state index in [4.69, 9.17) is 5.26 Å². The summed E-state index contributed by atoms with van der Waals surface area (Å²) in [6, 6.07) is 11.5. The van der Waals surface area contributed by atoms with Gasteiger partial charge in [-0.15, -0.1) is 0 Å². The molecule has 0 aliphatic rings. The van der Waals surface area contributed by atoms with Crippen LogP contribution in [0.2, 0.25) is 0 Å². The molecule has 2 rings (SSSR count). The Morgan fingerprint density at radius 1 is 1.24 bits per heavy atom. The first kappa shape index (κ1) is 15.6. The number of benzene rings is 2. The van der Waals surface area contributed by atoms with Gasteiger partial charge in [0.05, 0.1) is 11.6 Å². The van der Waals surface area contributed by atoms with E-state index in [-0.39, 0.29) is 23.7 Å². The molecule has 1 atom stereocenters. The molecule has 0 aliphatic carbocycles. The largest absolute Gasteiger partial charge is 0.306 e. The second-order valence-corrected chi connectivity index (χ2v) is 5.60. The molecule has 0 aliphatic heterocycles. The number of hydrogen-bond donors (Lipinski definition) is 1. The van der Waals surface area contributed by atoms with Crippen LogP contribution in [0.25, 0.3) is 0 Å². The fraction of sp³-hybridized carbons (Fsp3) is 0.188. The van der Waals surface area contributed by atoms with E-state index in [1.54, 1.807) is 6.07 Å². The van der Waals surface area contributed by atoms with Crippen LogP contribution in [-0.2, 0) is 6.54 Å². The van der Waals surface area contributed by atoms with Crippen molar-refractivity contribution in [1.29, 1.82) is 5.26 Å². The molecule has 2 aromatic carbocycles. The lowest BCUT2D eigenvalue weighted by atomic mass is 10.1. The predicted octanol–water partition coefficient (Wildman–Crippen LogP) is 4.45. The zero-order chi connectivity index (χ0) is 15.4. The van der Waals surface area contributed by atoms with Crippen molar-refractivity contribution in [2.45, 2.75) is 19.5 Å². The van der Waals surface area contributed by atoms with Crippen molar-refractivity contribution >= 4 is 15.9 Å². The summed E-state index contributed by atoms with van der Waals surface area (Å²) in [7, 11) is 0. The van der Waals surface area contributed by atoms with Crippen LogP contribution in [0.5, 0.6) is 0 Å². The summed E-state index contributed by atoms with van der Waals surface area (Å²) in [5.74, 6) is -1.42. The molecule has 0 bridgehead atoms. The molecule has 1 unspecified atom stereocenters. The number of nitrogens with one attached hydrogen (secondary N) is 1. The van der Waals surface area contributed by atoms with Crippen LogP contribution in [0.15, 0.2) is 40.9 Å². The van der Waals surface area contributed by atoms with Crippen molar-refractivity contribution in [2.75, 3.05) is 0 Å². The van der Waals surface area contributed by atoms with Gasteiger partial charge in [0.1, 0.15) is 11.6 Å². The highest BCUT2D eigenvalue weighted by Crippen LogP contribution is 2.20. The zero-order valence-electron chi connectivity index (χ0n) is 11.3. The molecule has 0 saturated heterocycles. The van der Waals surface area contributed by atoms with E-state index < -0.39 is 11.6 Å². The highest BCUT2D eigenvalue weighted by molar-refractivity contribution is 9.10. The summed E-state index contributed by atoms with van der Waals surface area (Å²) in [6.07, 6.45) is 0. The third-order valence-electron chi connectivity index (χ3n) is 3.20. The Labute approximate surface area is 130 Å². The van der Waals surface area contributed by atoms with Gasteiger partial charge >= 0.3 is 0 Å². The number of hydrogen-bond acceptors (Lipinski definition) is 2. The molecule has 0 fully saturated rings. The molecule has 5 heteroatoms. The summed E-state index contributed by atoms with van der Waals surface area (Å²) in [6.45, 7) is 1.97. The molecule has 0 aromatic heterocycles. The van der Waals surface area contributed by atoms with E-state index in [0.717, 1.165) is 22.2 Å². The molecule has 0 heterocycles. The summed E-state index contributed by atoms with van der Waals surface area (Å²) >= 11 is 3.39. The topological polar surface area (TPSA) is 35.8 Å². The predicted molar refractivity (Wildman–Crippen MR) is 80.5 cm³/mol. The van der Waals surface area contributed by atoms with E-state index in [2.05, 4.69) is 21.2 Å². The van der Waals surface area contributed by atoms with Crippen molar-refractivity contribution in [3.63, 3.8) is 0 Å². The quantitative estimate of drug-likeness (QED) is 0.884. The molecule has 0 saturated carbocycles. The van der Waals surface area contributed by atoms with Gasteiger partial charge in [0, 0.05) is 22.6 Å². The Bertz CT molecular complexity index is 672. The van der Waals surface area contributed by atoms with Gasteiger partial charge in [-0.25, -0.2) is 8.78 Å². The molecule has 21 heavy (non-hydrogen) atoms. The van der Waals surface area contributed by atoms with Crippen LogP contribution in [0.4, 0.5) is 8.78 Å². The molecule has 0 spiro atoms. The average Bonchev–Trinajstić information content (AvgIpc) is 2.45. The van der Waals surface area contributed by atoms with E-state index in [1.165, 1.54) is 0 Å². The van der Waals surface area contributed by atoms with Crippen molar-refractivity contribution in [1.82, 2.24) is 5.32 Å². The maximum absolute atomic E-state index is 13.8. The van der Waals surface area contributed by atoms with E-state index in [9.17, 15) is 8.78 Å². The lowest BCUT2D eigenvalue weighted by Crippen LogP contribution is -2.19. The van der Waals surface area contributed by atoms with Crippen molar-refractivity contribution in [3.8, 4) is 6.07 Å². The Balaban J connectivity index is 2.12. The lowest BCUT2D eigenvalue weighted by molar-refractivity contribution is 0.508. The summed E-state index contributed by atoms with van der Waals surface area (Å²) in [5.41, 5.74) is 0.934. The Kier molecular flexibility index (Phi) is 5.05. The minimum absolute atomic E-state index is 0.0196. The molecule has 0 amide bonds. The third kappa shape index (κ3) is 3.87. The summed E-state index contributed by atoms with van der Waals surface area (Å²) < 4.78 is 28.5. The number of nitriles is 1. The van der Waals surface area contributed by atoms with Crippen LogP contribution in [-0.4, -0.2) is 0 Å². The van der Waals surface area contributed by atoms with Gasteiger partial charge in [0.25, 0.3) is 0 Å². The highest BCUT2D eigenvalue weighted by Gasteiger charge is 2.13.